The maximum atomic E-state index is 5.36. The summed E-state index contributed by atoms with van der Waals surface area (Å²) in [6, 6.07) is 3.46. The Hall–Kier alpha value is -2.64. The number of anilines is 1. The highest BCUT2D eigenvalue weighted by molar-refractivity contribution is 5.50. The van der Waals surface area contributed by atoms with Crippen LogP contribution in [0.3, 0.4) is 0 Å². The maximum Gasteiger partial charge on any atom is 0.295 e. The summed E-state index contributed by atoms with van der Waals surface area (Å²) in [5.74, 6) is 1.50. The Morgan fingerprint density at radius 3 is 2.94 bits per heavy atom. The molecule has 0 amide bonds. The Morgan fingerprint density at radius 1 is 1.31 bits per heavy atom. The molecule has 3 heterocycles. The van der Waals surface area contributed by atoms with Crippen molar-refractivity contribution in [2.75, 3.05) is 5.73 Å². The average molecular weight is 218 g/mol. The van der Waals surface area contributed by atoms with Crippen molar-refractivity contribution in [3.05, 3.63) is 18.4 Å². The fourth-order valence-corrected chi connectivity index (χ4v) is 1.20. The first-order chi connectivity index (χ1) is 7.83. The number of aromatic nitrogens is 5. The third-order valence-corrected chi connectivity index (χ3v) is 1.87. The van der Waals surface area contributed by atoms with Gasteiger partial charge in [0.2, 0.25) is 17.6 Å². The Labute approximate surface area is 88.5 Å². The van der Waals surface area contributed by atoms with Gasteiger partial charge in [-0.2, -0.15) is 9.97 Å². The van der Waals surface area contributed by atoms with Crippen molar-refractivity contribution in [2.24, 2.45) is 0 Å². The van der Waals surface area contributed by atoms with Gasteiger partial charge in [0.1, 0.15) is 0 Å². The standard InChI is InChI=1S/C8H6N6O2/c9-8-11-6(12-13-8)7-10-5(14-16-7)4-2-1-3-15-4/h1-3H,(H3,9,11,12,13). The zero-order valence-electron chi connectivity index (χ0n) is 7.91. The zero-order chi connectivity index (χ0) is 11.0. The highest BCUT2D eigenvalue weighted by atomic mass is 16.5. The molecule has 0 saturated carbocycles. The van der Waals surface area contributed by atoms with E-state index in [1.54, 1.807) is 12.1 Å². The highest BCUT2D eigenvalue weighted by Gasteiger charge is 2.15. The van der Waals surface area contributed by atoms with Crippen LogP contribution in [0.4, 0.5) is 5.95 Å². The molecular weight excluding hydrogens is 212 g/mol. The molecule has 0 fully saturated rings. The lowest BCUT2D eigenvalue weighted by molar-refractivity contribution is 0.427. The predicted molar refractivity (Wildman–Crippen MR) is 51.8 cm³/mol. The molecule has 0 unspecified atom stereocenters. The van der Waals surface area contributed by atoms with Crippen molar-refractivity contribution in [2.45, 2.75) is 0 Å². The topological polar surface area (TPSA) is 120 Å². The van der Waals surface area contributed by atoms with Gasteiger partial charge in [0.25, 0.3) is 5.89 Å². The number of rotatable bonds is 2. The third-order valence-electron chi connectivity index (χ3n) is 1.87. The molecule has 80 valence electrons. The van der Waals surface area contributed by atoms with E-state index in [1.807, 2.05) is 0 Å². The number of H-pyrrole nitrogens is 1. The molecular formula is C8H6N6O2. The third kappa shape index (κ3) is 1.32. The molecule has 8 nitrogen and oxygen atoms in total. The fourth-order valence-electron chi connectivity index (χ4n) is 1.20. The molecule has 0 atom stereocenters. The average Bonchev–Trinajstić information content (AvgIpc) is 2.97. The molecule has 0 aliphatic carbocycles. The largest absolute Gasteiger partial charge is 0.461 e. The lowest BCUT2D eigenvalue weighted by atomic mass is 10.4. The first-order valence-corrected chi connectivity index (χ1v) is 4.39. The molecule has 8 heteroatoms. The van der Waals surface area contributed by atoms with Crippen LogP contribution in [0.25, 0.3) is 23.3 Å². The van der Waals surface area contributed by atoms with Gasteiger partial charge in [-0.05, 0) is 12.1 Å². The normalized spacial score (nSPS) is 10.8. The summed E-state index contributed by atoms with van der Waals surface area (Å²) in [6.45, 7) is 0. The van der Waals surface area contributed by atoms with Crippen molar-refractivity contribution in [1.29, 1.82) is 0 Å². The van der Waals surface area contributed by atoms with Gasteiger partial charge in [-0.15, -0.1) is 5.10 Å². The minimum Gasteiger partial charge on any atom is -0.461 e. The summed E-state index contributed by atoms with van der Waals surface area (Å²) in [6.07, 6.45) is 1.53. The molecule has 0 spiro atoms. The predicted octanol–water partition coefficient (Wildman–Crippen LogP) is 0.697. The van der Waals surface area contributed by atoms with E-state index >= 15 is 0 Å². The van der Waals surface area contributed by atoms with Gasteiger partial charge in [0.15, 0.2) is 5.76 Å². The van der Waals surface area contributed by atoms with Crippen molar-refractivity contribution >= 4 is 5.95 Å². The van der Waals surface area contributed by atoms with E-state index in [0.717, 1.165) is 0 Å². The zero-order valence-corrected chi connectivity index (χ0v) is 7.91. The summed E-state index contributed by atoms with van der Waals surface area (Å²) in [7, 11) is 0. The van der Waals surface area contributed by atoms with Crippen LogP contribution in [-0.2, 0) is 0 Å². The molecule has 0 saturated heterocycles. The lowest BCUT2D eigenvalue weighted by Crippen LogP contribution is -1.85. The number of nitrogen functional groups attached to an aromatic ring is 1. The van der Waals surface area contributed by atoms with Crippen molar-refractivity contribution < 1.29 is 8.94 Å². The van der Waals surface area contributed by atoms with Gasteiger partial charge < -0.3 is 14.7 Å². The fraction of sp³-hybridized carbons (Fsp3) is 0. The van der Waals surface area contributed by atoms with E-state index in [0.29, 0.717) is 17.4 Å². The second-order valence-electron chi connectivity index (χ2n) is 2.94. The molecule has 0 bridgehead atoms. The first-order valence-electron chi connectivity index (χ1n) is 4.39. The van der Waals surface area contributed by atoms with Crippen molar-refractivity contribution in [1.82, 2.24) is 25.3 Å². The van der Waals surface area contributed by atoms with Gasteiger partial charge in [0, 0.05) is 0 Å². The highest BCUT2D eigenvalue weighted by Crippen LogP contribution is 2.19. The quantitative estimate of drug-likeness (QED) is 0.649. The van der Waals surface area contributed by atoms with Gasteiger partial charge in [-0.1, -0.05) is 5.16 Å². The molecule has 0 aliphatic heterocycles. The Balaban J connectivity index is 2.00. The molecule has 0 radical (unpaired) electrons. The van der Waals surface area contributed by atoms with Gasteiger partial charge >= 0.3 is 0 Å². The monoisotopic (exact) mass is 218 g/mol. The SMILES string of the molecule is Nc1n[nH]c(-c2nc(-c3ccco3)no2)n1. The number of nitrogens with one attached hydrogen (secondary N) is 1. The van der Waals surface area contributed by atoms with E-state index < -0.39 is 0 Å². The van der Waals surface area contributed by atoms with Crippen molar-refractivity contribution in [3.8, 4) is 23.3 Å². The molecule has 3 aromatic heterocycles. The summed E-state index contributed by atoms with van der Waals surface area (Å²) in [4.78, 5) is 7.94. The van der Waals surface area contributed by atoms with Crippen molar-refractivity contribution in [3.63, 3.8) is 0 Å². The number of furan rings is 1. The minimum absolute atomic E-state index is 0.118. The maximum absolute atomic E-state index is 5.36. The summed E-state index contributed by atoms with van der Waals surface area (Å²) in [5.41, 5.74) is 5.36. The van der Waals surface area contributed by atoms with Crippen LogP contribution in [0.2, 0.25) is 0 Å². The van der Waals surface area contributed by atoms with E-state index in [4.69, 9.17) is 14.7 Å². The summed E-state index contributed by atoms with van der Waals surface area (Å²) in [5, 5.41) is 9.96. The number of hydrogen-bond donors (Lipinski definition) is 2. The van der Waals surface area contributed by atoms with E-state index in [1.165, 1.54) is 6.26 Å². The summed E-state index contributed by atoms with van der Waals surface area (Å²) < 4.78 is 10.1. The lowest BCUT2D eigenvalue weighted by Gasteiger charge is -1.82. The Kier molecular flexibility index (Phi) is 1.72. The second kappa shape index (κ2) is 3.19. The van der Waals surface area contributed by atoms with Gasteiger partial charge in [0.05, 0.1) is 6.26 Å². The van der Waals surface area contributed by atoms with Crippen LogP contribution in [0.15, 0.2) is 27.3 Å². The van der Waals surface area contributed by atoms with Crippen LogP contribution in [0, 0.1) is 0 Å². The Morgan fingerprint density at radius 2 is 2.25 bits per heavy atom. The summed E-state index contributed by atoms with van der Waals surface area (Å²) >= 11 is 0. The van der Waals surface area contributed by atoms with E-state index in [-0.39, 0.29) is 11.8 Å². The van der Waals surface area contributed by atoms with Gasteiger partial charge in [-0.25, -0.2) is 0 Å². The minimum atomic E-state index is 0.118. The molecule has 0 aromatic carbocycles. The van der Waals surface area contributed by atoms with Crippen LogP contribution >= 0.6 is 0 Å². The van der Waals surface area contributed by atoms with Gasteiger partial charge in [-0.3, -0.25) is 5.10 Å². The van der Waals surface area contributed by atoms with E-state index in [2.05, 4.69) is 25.3 Å². The number of nitrogens with zero attached hydrogens (tertiary/aromatic N) is 4. The smallest absolute Gasteiger partial charge is 0.295 e. The van der Waals surface area contributed by atoms with Crippen LogP contribution in [-0.4, -0.2) is 25.3 Å². The Bertz CT molecular complexity index is 596. The molecule has 3 aromatic rings. The van der Waals surface area contributed by atoms with Crippen LogP contribution in [0.1, 0.15) is 0 Å². The number of aromatic amines is 1. The van der Waals surface area contributed by atoms with E-state index in [9.17, 15) is 0 Å². The van der Waals surface area contributed by atoms with Crippen LogP contribution < -0.4 is 5.73 Å². The van der Waals surface area contributed by atoms with Crippen LogP contribution in [0.5, 0.6) is 0 Å². The first kappa shape index (κ1) is 8.65. The molecule has 3 rings (SSSR count). The molecule has 0 aliphatic rings. The molecule has 3 N–H and O–H groups in total. The number of nitrogens with two attached hydrogens (primary N) is 1. The number of hydrogen-bond acceptors (Lipinski definition) is 7. The second-order valence-corrected chi connectivity index (χ2v) is 2.94. The molecule has 16 heavy (non-hydrogen) atoms.